The van der Waals surface area contributed by atoms with Gasteiger partial charge in [0, 0.05) is 25.1 Å². The molecule has 4 nitrogen and oxygen atoms in total. The monoisotopic (exact) mass is 237 g/mol. The second-order valence-electron chi connectivity index (χ2n) is 4.05. The van der Waals surface area contributed by atoms with Gasteiger partial charge in [-0.3, -0.25) is 4.79 Å². The number of carbonyl (C=O) groups is 2. The average molecular weight is 237 g/mol. The summed E-state index contributed by atoms with van der Waals surface area (Å²) >= 11 is 0. The maximum atomic E-state index is 11.6. The Morgan fingerprint density at radius 3 is 2.71 bits per heavy atom. The van der Waals surface area contributed by atoms with Crippen LogP contribution in [0.15, 0.2) is 25.3 Å². The van der Waals surface area contributed by atoms with E-state index < -0.39 is 5.97 Å². The van der Waals surface area contributed by atoms with E-state index in [4.69, 9.17) is 4.74 Å². The van der Waals surface area contributed by atoms with Crippen molar-refractivity contribution in [3.63, 3.8) is 0 Å². The average Bonchev–Trinajstić information content (AvgIpc) is 2.38. The van der Waals surface area contributed by atoms with Gasteiger partial charge in [-0.05, 0) is 25.3 Å². The molecule has 1 heterocycles. The molecule has 0 aromatic heterocycles. The molecule has 4 heteroatoms. The summed E-state index contributed by atoms with van der Waals surface area (Å²) in [7, 11) is 0. The molecule has 0 radical (unpaired) electrons. The number of amides is 1. The molecule has 1 rings (SSSR count). The number of ether oxygens (including phenoxy) is 1. The maximum Gasteiger partial charge on any atom is 0.330 e. The van der Waals surface area contributed by atoms with Gasteiger partial charge in [0.05, 0.1) is 6.61 Å². The first-order valence-corrected chi connectivity index (χ1v) is 5.91. The minimum absolute atomic E-state index is 0.0373. The van der Waals surface area contributed by atoms with Gasteiger partial charge in [-0.25, -0.2) is 4.79 Å². The minimum Gasteiger partial charge on any atom is -0.462 e. The summed E-state index contributed by atoms with van der Waals surface area (Å²) in [6, 6.07) is 0.159. The first-order valence-electron chi connectivity index (χ1n) is 5.91. The molecule has 0 spiro atoms. The van der Waals surface area contributed by atoms with Crippen LogP contribution < -0.4 is 0 Å². The quantitative estimate of drug-likeness (QED) is 0.540. The van der Waals surface area contributed by atoms with Crippen LogP contribution in [0.3, 0.4) is 0 Å². The van der Waals surface area contributed by atoms with E-state index in [-0.39, 0.29) is 11.9 Å². The first kappa shape index (κ1) is 13.5. The highest BCUT2D eigenvalue weighted by atomic mass is 16.5. The van der Waals surface area contributed by atoms with Crippen LogP contribution >= 0.6 is 0 Å². The molecule has 0 N–H and O–H groups in total. The molecule has 1 aliphatic rings. The molecule has 1 aliphatic heterocycles. The van der Waals surface area contributed by atoms with Crippen LogP contribution in [-0.4, -0.2) is 36.0 Å². The van der Waals surface area contributed by atoms with Crippen molar-refractivity contribution in [1.82, 2.24) is 4.90 Å². The number of hydrogen-bond donors (Lipinski definition) is 0. The van der Waals surface area contributed by atoms with Crippen molar-refractivity contribution in [2.24, 2.45) is 0 Å². The van der Waals surface area contributed by atoms with E-state index in [2.05, 4.69) is 13.2 Å². The van der Waals surface area contributed by atoms with Crippen molar-refractivity contribution in [3.8, 4) is 0 Å². The van der Waals surface area contributed by atoms with Crippen LogP contribution in [0.4, 0.5) is 0 Å². The number of hydrogen-bond acceptors (Lipinski definition) is 3. The Hall–Kier alpha value is -1.58. The lowest BCUT2D eigenvalue weighted by Crippen LogP contribution is -2.43. The van der Waals surface area contributed by atoms with Gasteiger partial charge in [0.2, 0.25) is 5.91 Å². The SMILES string of the molecule is C=CC(=O)OCCC1CCCCN1C(=O)C=C. The van der Waals surface area contributed by atoms with Gasteiger partial charge in [-0.1, -0.05) is 13.2 Å². The predicted molar refractivity (Wildman–Crippen MR) is 65.3 cm³/mol. The van der Waals surface area contributed by atoms with Crippen molar-refractivity contribution >= 4 is 11.9 Å². The molecule has 1 saturated heterocycles. The second-order valence-corrected chi connectivity index (χ2v) is 4.05. The Morgan fingerprint density at radius 1 is 1.29 bits per heavy atom. The maximum absolute atomic E-state index is 11.6. The Bertz CT molecular complexity index is 312. The van der Waals surface area contributed by atoms with Crippen molar-refractivity contribution in [2.45, 2.75) is 31.7 Å². The number of likely N-dealkylation sites (tertiary alicyclic amines) is 1. The van der Waals surface area contributed by atoms with Gasteiger partial charge in [-0.15, -0.1) is 0 Å². The standard InChI is InChI=1S/C13H19NO3/c1-3-12(15)14-9-6-5-7-11(14)8-10-17-13(16)4-2/h3-4,11H,1-2,5-10H2. The molecule has 1 amide bonds. The largest absolute Gasteiger partial charge is 0.462 e. The minimum atomic E-state index is -0.414. The van der Waals surface area contributed by atoms with Crippen LogP contribution in [0, 0.1) is 0 Å². The van der Waals surface area contributed by atoms with E-state index in [9.17, 15) is 9.59 Å². The zero-order chi connectivity index (χ0) is 12.7. The van der Waals surface area contributed by atoms with Crippen molar-refractivity contribution in [1.29, 1.82) is 0 Å². The number of piperidine rings is 1. The zero-order valence-electron chi connectivity index (χ0n) is 10.1. The lowest BCUT2D eigenvalue weighted by Gasteiger charge is -2.35. The number of carbonyl (C=O) groups excluding carboxylic acids is 2. The third-order valence-electron chi connectivity index (χ3n) is 2.95. The number of esters is 1. The van der Waals surface area contributed by atoms with E-state index in [0.717, 1.165) is 31.9 Å². The van der Waals surface area contributed by atoms with E-state index in [0.29, 0.717) is 13.0 Å². The summed E-state index contributed by atoms with van der Waals surface area (Å²) in [5, 5.41) is 0. The molecule has 1 fully saturated rings. The van der Waals surface area contributed by atoms with Crippen molar-refractivity contribution < 1.29 is 14.3 Å². The van der Waals surface area contributed by atoms with Gasteiger partial charge in [-0.2, -0.15) is 0 Å². The lowest BCUT2D eigenvalue weighted by molar-refractivity contribution is -0.138. The fourth-order valence-electron chi connectivity index (χ4n) is 2.06. The molecular weight excluding hydrogens is 218 g/mol. The summed E-state index contributed by atoms with van der Waals surface area (Å²) in [6.07, 6.45) is 6.27. The smallest absolute Gasteiger partial charge is 0.330 e. The summed E-state index contributed by atoms with van der Waals surface area (Å²) in [6.45, 7) is 7.93. The van der Waals surface area contributed by atoms with Gasteiger partial charge in [0.15, 0.2) is 0 Å². The fraction of sp³-hybridized carbons (Fsp3) is 0.538. The van der Waals surface area contributed by atoms with Gasteiger partial charge in [0.25, 0.3) is 0 Å². The summed E-state index contributed by atoms with van der Waals surface area (Å²) in [5.74, 6) is -0.452. The highest BCUT2D eigenvalue weighted by molar-refractivity contribution is 5.87. The molecule has 0 aliphatic carbocycles. The van der Waals surface area contributed by atoms with Crippen LogP contribution in [0.2, 0.25) is 0 Å². The summed E-state index contributed by atoms with van der Waals surface area (Å²) in [5.41, 5.74) is 0. The summed E-state index contributed by atoms with van der Waals surface area (Å²) in [4.78, 5) is 24.3. The normalized spacial score (nSPS) is 19.5. The van der Waals surface area contributed by atoms with Crippen LogP contribution in [-0.2, 0) is 14.3 Å². The molecule has 0 saturated carbocycles. The van der Waals surface area contributed by atoms with Crippen LogP contribution in [0.25, 0.3) is 0 Å². The molecule has 94 valence electrons. The zero-order valence-corrected chi connectivity index (χ0v) is 10.1. The molecule has 1 unspecified atom stereocenters. The van der Waals surface area contributed by atoms with Crippen LogP contribution in [0.5, 0.6) is 0 Å². The molecule has 0 bridgehead atoms. The highest BCUT2D eigenvalue weighted by Gasteiger charge is 2.24. The van der Waals surface area contributed by atoms with E-state index in [1.807, 2.05) is 4.90 Å². The first-order chi connectivity index (χ1) is 8.19. The van der Waals surface area contributed by atoms with Crippen molar-refractivity contribution in [3.05, 3.63) is 25.3 Å². The fourth-order valence-corrected chi connectivity index (χ4v) is 2.06. The third-order valence-corrected chi connectivity index (χ3v) is 2.95. The van der Waals surface area contributed by atoms with E-state index >= 15 is 0 Å². The molecule has 0 aromatic carbocycles. The Balaban J connectivity index is 2.42. The second kappa shape index (κ2) is 6.89. The topological polar surface area (TPSA) is 46.6 Å². The highest BCUT2D eigenvalue weighted by Crippen LogP contribution is 2.20. The van der Waals surface area contributed by atoms with Gasteiger partial charge >= 0.3 is 5.97 Å². The van der Waals surface area contributed by atoms with Gasteiger partial charge < -0.3 is 9.64 Å². The Morgan fingerprint density at radius 2 is 2.06 bits per heavy atom. The van der Waals surface area contributed by atoms with Crippen molar-refractivity contribution in [2.75, 3.05) is 13.2 Å². The molecule has 17 heavy (non-hydrogen) atoms. The lowest BCUT2D eigenvalue weighted by atomic mass is 9.99. The van der Waals surface area contributed by atoms with Gasteiger partial charge in [0.1, 0.15) is 0 Å². The van der Waals surface area contributed by atoms with E-state index in [1.54, 1.807) is 0 Å². The Labute approximate surface area is 102 Å². The van der Waals surface area contributed by atoms with Crippen LogP contribution in [0.1, 0.15) is 25.7 Å². The third kappa shape index (κ3) is 4.06. The number of nitrogens with zero attached hydrogens (tertiary/aromatic N) is 1. The predicted octanol–water partition coefficient (Wildman–Crippen LogP) is 1.67. The molecular formula is C13H19NO3. The summed E-state index contributed by atoms with van der Waals surface area (Å²) < 4.78 is 4.93. The number of rotatable bonds is 5. The van der Waals surface area contributed by atoms with E-state index in [1.165, 1.54) is 6.08 Å². The molecule has 0 aromatic rings. The Kier molecular flexibility index (Phi) is 5.46. The molecule has 1 atom stereocenters.